The van der Waals surface area contributed by atoms with Crippen LogP contribution in [0, 0.1) is 0 Å². The lowest BCUT2D eigenvalue weighted by Crippen LogP contribution is -2.73. The molecule has 13 heteroatoms. The number of nitrogens with zero attached hydrogens (tertiary/aromatic N) is 3. The molecule has 1 aliphatic heterocycles. The smallest absolute Gasteiger partial charge is 0.280 e. The molecule has 0 aromatic carbocycles. The molecule has 0 radical (unpaired) electrons. The molecule has 0 saturated heterocycles. The van der Waals surface area contributed by atoms with Gasteiger partial charge in [0.05, 0.1) is 6.61 Å². The van der Waals surface area contributed by atoms with Crippen LogP contribution in [0.3, 0.4) is 0 Å². The highest BCUT2D eigenvalue weighted by Gasteiger charge is 2.58. The van der Waals surface area contributed by atoms with Crippen LogP contribution >= 0.6 is 0 Å². The minimum atomic E-state index is -3.16. The molecule has 22 heavy (non-hydrogen) atoms. The number of hydroxylamine groups is 2. The van der Waals surface area contributed by atoms with Crippen molar-refractivity contribution in [2.45, 2.75) is 24.2 Å². The van der Waals surface area contributed by atoms with Crippen molar-refractivity contribution in [2.75, 3.05) is 22.5 Å². The van der Waals surface area contributed by atoms with Gasteiger partial charge >= 0.3 is 0 Å². The van der Waals surface area contributed by atoms with Crippen molar-refractivity contribution in [1.29, 1.82) is 0 Å². The maximum absolute atomic E-state index is 11.8. The molecule has 124 valence electrons. The number of aliphatic hydroxyl groups is 5. The molecule has 10 N–H and O–H groups in total. The summed E-state index contributed by atoms with van der Waals surface area (Å²) in [5.41, 5.74) is 0.140. The van der Waals surface area contributed by atoms with E-state index < -0.39 is 53.8 Å². The van der Waals surface area contributed by atoms with Crippen LogP contribution < -0.4 is 21.4 Å². The first-order valence-corrected chi connectivity index (χ1v) is 5.90. The Bertz CT molecular complexity index is 625. The Balaban J connectivity index is 2.64. The van der Waals surface area contributed by atoms with Gasteiger partial charge in [-0.1, -0.05) is 0 Å². The lowest BCUT2D eigenvalue weighted by molar-refractivity contribution is -0.224. The molecule has 0 fully saturated rings. The van der Waals surface area contributed by atoms with Crippen LogP contribution in [0.4, 0.5) is 17.5 Å². The van der Waals surface area contributed by atoms with E-state index in [2.05, 4.69) is 4.98 Å². The Morgan fingerprint density at radius 3 is 2.55 bits per heavy atom. The van der Waals surface area contributed by atoms with Crippen LogP contribution in [-0.4, -0.2) is 76.7 Å². The van der Waals surface area contributed by atoms with E-state index in [1.165, 1.54) is 0 Å². The molecular formula is C9H15N5O8. The van der Waals surface area contributed by atoms with Gasteiger partial charge in [-0.05, 0) is 0 Å². The minimum Gasteiger partial charge on any atom is -0.394 e. The van der Waals surface area contributed by atoms with Crippen LogP contribution in [0.1, 0.15) is 0 Å². The van der Waals surface area contributed by atoms with Crippen molar-refractivity contribution in [3.8, 4) is 0 Å². The van der Waals surface area contributed by atoms with Gasteiger partial charge in [-0.25, -0.2) is 10.1 Å². The van der Waals surface area contributed by atoms with Gasteiger partial charge in [0.1, 0.15) is 12.2 Å². The molecule has 2 rings (SSSR count). The molecule has 4 unspecified atom stereocenters. The van der Waals surface area contributed by atoms with Crippen molar-refractivity contribution in [3.63, 3.8) is 0 Å². The Morgan fingerprint density at radius 1 is 1.41 bits per heavy atom. The van der Waals surface area contributed by atoms with Crippen LogP contribution in [0.2, 0.25) is 0 Å². The summed E-state index contributed by atoms with van der Waals surface area (Å²) in [7, 11) is 0. The van der Waals surface area contributed by atoms with Crippen LogP contribution in [-0.2, 0) is 0 Å². The Labute approximate surface area is 121 Å². The molecule has 1 aromatic heterocycles. The maximum Gasteiger partial charge on any atom is 0.280 e. The minimum absolute atomic E-state index is 0.124. The number of fused-ring (bicyclic) bond motifs is 1. The van der Waals surface area contributed by atoms with Crippen LogP contribution in [0.5, 0.6) is 0 Å². The Morgan fingerprint density at radius 2 is 2.00 bits per heavy atom. The number of hydrogen-bond acceptors (Lipinski definition) is 12. The predicted octanol–water partition coefficient (Wildman–Crippen LogP) is -4.52. The van der Waals surface area contributed by atoms with Gasteiger partial charge < -0.3 is 31.3 Å². The number of hydrogen-bond donors (Lipinski definition) is 9. The second kappa shape index (κ2) is 5.33. The van der Waals surface area contributed by atoms with Crippen molar-refractivity contribution in [3.05, 3.63) is 10.4 Å². The standard InChI is InChI=1S/C9H15N5O8/c10-8-11-5-3(6(18)12-8)14(22)9(20,7(19)13(5)21)4(17)2(16)1-15/h2,4,7,15-17,19-22H,1H2,(H3,10,11,12,18). The van der Waals surface area contributed by atoms with Gasteiger partial charge in [0, 0.05) is 0 Å². The van der Waals surface area contributed by atoms with E-state index >= 15 is 0 Å². The van der Waals surface area contributed by atoms with Gasteiger partial charge in [-0.15, -0.1) is 0 Å². The summed E-state index contributed by atoms with van der Waals surface area (Å²) < 4.78 is 0. The van der Waals surface area contributed by atoms with E-state index in [1.807, 2.05) is 4.98 Å². The number of aromatic nitrogens is 2. The van der Waals surface area contributed by atoms with Crippen molar-refractivity contribution in [1.82, 2.24) is 9.97 Å². The summed E-state index contributed by atoms with van der Waals surface area (Å²) in [5, 5.41) is 67.6. The van der Waals surface area contributed by atoms with E-state index in [1.54, 1.807) is 0 Å². The lowest BCUT2D eigenvalue weighted by atomic mass is 9.96. The van der Waals surface area contributed by atoms with E-state index in [0.717, 1.165) is 0 Å². The third-order valence-corrected chi connectivity index (χ3v) is 3.26. The van der Waals surface area contributed by atoms with Gasteiger partial charge in [0.25, 0.3) is 5.56 Å². The number of anilines is 3. The third kappa shape index (κ3) is 2.08. The van der Waals surface area contributed by atoms with Gasteiger partial charge in [-0.3, -0.25) is 20.2 Å². The average Bonchev–Trinajstić information content (AvgIpc) is 2.48. The third-order valence-electron chi connectivity index (χ3n) is 3.26. The van der Waals surface area contributed by atoms with Crippen molar-refractivity contribution < 1.29 is 35.9 Å². The summed E-state index contributed by atoms with van der Waals surface area (Å²) in [5.74, 6) is -1.16. The van der Waals surface area contributed by atoms with Gasteiger partial charge in [-0.2, -0.15) is 4.98 Å². The highest BCUT2D eigenvalue weighted by molar-refractivity contribution is 5.69. The number of nitrogens with two attached hydrogens (primary N) is 1. The largest absolute Gasteiger partial charge is 0.394 e. The van der Waals surface area contributed by atoms with Gasteiger partial charge in [0.2, 0.25) is 17.9 Å². The van der Waals surface area contributed by atoms with Crippen LogP contribution in [0.15, 0.2) is 4.79 Å². The summed E-state index contributed by atoms with van der Waals surface area (Å²) in [6.07, 6.45) is -6.84. The quantitative estimate of drug-likeness (QED) is 0.257. The molecule has 0 aliphatic carbocycles. The summed E-state index contributed by atoms with van der Waals surface area (Å²) in [6.45, 7) is -1.04. The number of H-pyrrole nitrogens is 1. The van der Waals surface area contributed by atoms with Crippen molar-refractivity contribution in [2.24, 2.45) is 0 Å². The number of rotatable bonds is 3. The normalized spacial score (nSPS) is 27.5. The molecule has 1 aliphatic rings. The lowest BCUT2D eigenvalue weighted by Gasteiger charge is -2.48. The fraction of sp³-hybridized carbons (Fsp3) is 0.556. The first-order valence-electron chi connectivity index (χ1n) is 5.90. The highest BCUT2D eigenvalue weighted by atomic mass is 16.6. The Hall–Kier alpha value is -2.00. The summed E-state index contributed by atoms with van der Waals surface area (Å²) in [6, 6.07) is 0. The van der Waals surface area contributed by atoms with E-state index in [4.69, 9.17) is 10.8 Å². The van der Waals surface area contributed by atoms with E-state index in [-0.39, 0.29) is 10.1 Å². The molecule has 1 aromatic rings. The predicted molar refractivity (Wildman–Crippen MR) is 67.9 cm³/mol. The van der Waals surface area contributed by atoms with E-state index in [9.17, 15) is 35.6 Å². The molecule has 13 nitrogen and oxygen atoms in total. The van der Waals surface area contributed by atoms with Crippen molar-refractivity contribution >= 4 is 17.5 Å². The molecule has 0 saturated carbocycles. The fourth-order valence-electron chi connectivity index (χ4n) is 2.07. The molecule has 2 heterocycles. The average molecular weight is 321 g/mol. The Kier molecular flexibility index (Phi) is 3.96. The second-order valence-electron chi connectivity index (χ2n) is 4.63. The monoisotopic (exact) mass is 321 g/mol. The number of nitrogens with one attached hydrogen (secondary N) is 1. The summed E-state index contributed by atoms with van der Waals surface area (Å²) in [4.78, 5) is 17.2. The molecule has 4 atom stereocenters. The first kappa shape index (κ1) is 16.4. The summed E-state index contributed by atoms with van der Waals surface area (Å²) >= 11 is 0. The zero-order valence-corrected chi connectivity index (χ0v) is 10.9. The molecular weight excluding hydrogens is 306 g/mol. The van der Waals surface area contributed by atoms with Crippen LogP contribution in [0.25, 0.3) is 0 Å². The second-order valence-corrected chi connectivity index (χ2v) is 4.63. The van der Waals surface area contributed by atoms with Gasteiger partial charge in [0.15, 0.2) is 11.5 Å². The maximum atomic E-state index is 11.8. The number of aliphatic hydroxyl groups excluding tert-OH is 4. The zero-order valence-electron chi connectivity index (χ0n) is 10.9. The fourth-order valence-corrected chi connectivity index (χ4v) is 2.07. The SMILES string of the molecule is Nc1nc2c(c(=O)[nH]1)N(O)C(O)(C(O)C(O)CO)C(O)N2O. The first-order chi connectivity index (χ1) is 10.2. The topological polar surface area (TPSA) is 220 Å². The highest BCUT2D eigenvalue weighted by Crippen LogP contribution is 2.38. The molecule has 0 amide bonds. The zero-order chi connectivity index (χ0) is 16.8. The molecule has 0 bridgehead atoms. The molecule has 0 spiro atoms. The number of nitrogen functional groups attached to an aromatic ring is 1. The van der Waals surface area contributed by atoms with E-state index in [0.29, 0.717) is 0 Å². The number of aromatic amines is 1.